The van der Waals surface area contributed by atoms with Gasteiger partial charge in [-0.05, 0) is 24.3 Å². The summed E-state index contributed by atoms with van der Waals surface area (Å²) in [7, 11) is 0. The van der Waals surface area contributed by atoms with Crippen LogP contribution in [0.2, 0.25) is 0 Å². The van der Waals surface area contributed by atoms with Crippen molar-refractivity contribution in [3.63, 3.8) is 0 Å². The molecule has 0 radical (unpaired) electrons. The molecule has 0 saturated carbocycles. The number of hydrogen-bond acceptors (Lipinski definition) is 7. The van der Waals surface area contributed by atoms with E-state index in [-0.39, 0.29) is 5.69 Å². The van der Waals surface area contributed by atoms with Crippen LogP contribution in [0, 0.1) is 10.1 Å². The zero-order chi connectivity index (χ0) is 19.4. The number of thiophene rings is 1. The highest BCUT2D eigenvalue weighted by Gasteiger charge is 2.33. The van der Waals surface area contributed by atoms with Crippen molar-refractivity contribution in [1.82, 2.24) is 0 Å². The maximum atomic E-state index is 12.7. The predicted molar refractivity (Wildman–Crippen MR) is 96.7 cm³/mol. The molecule has 1 aromatic heterocycles. The number of hydrogen-bond donors (Lipinski definition) is 1. The van der Waals surface area contributed by atoms with E-state index in [1.165, 1.54) is 17.6 Å². The lowest BCUT2D eigenvalue weighted by molar-refractivity contribution is -0.384. The van der Waals surface area contributed by atoms with E-state index in [4.69, 9.17) is 4.74 Å². The van der Waals surface area contributed by atoms with Gasteiger partial charge < -0.3 is 9.64 Å². The van der Waals surface area contributed by atoms with Crippen LogP contribution in [-0.2, 0) is 10.9 Å². The van der Waals surface area contributed by atoms with Crippen LogP contribution in [0.4, 0.5) is 29.5 Å². The summed E-state index contributed by atoms with van der Waals surface area (Å²) in [5, 5.41) is 16.0. The topological polar surface area (TPSA) is 80.0 Å². The van der Waals surface area contributed by atoms with Crippen LogP contribution in [0.3, 0.4) is 0 Å². The van der Waals surface area contributed by atoms with Crippen molar-refractivity contribution in [2.24, 2.45) is 5.10 Å². The van der Waals surface area contributed by atoms with E-state index >= 15 is 0 Å². The zero-order valence-electron chi connectivity index (χ0n) is 13.9. The van der Waals surface area contributed by atoms with Gasteiger partial charge in [-0.25, -0.2) is 0 Å². The monoisotopic (exact) mass is 400 g/mol. The van der Waals surface area contributed by atoms with Gasteiger partial charge in [-0.3, -0.25) is 15.5 Å². The van der Waals surface area contributed by atoms with E-state index in [9.17, 15) is 23.3 Å². The molecule has 3 rings (SSSR count). The Kier molecular flexibility index (Phi) is 5.61. The first kappa shape index (κ1) is 19.1. The molecular weight excluding hydrogens is 385 g/mol. The average molecular weight is 400 g/mol. The van der Waals surface area contributed by atoms with Gasteiger partial charge in [0.15, 0.2) is 0 Å². The fourth-order valence-corrected chi connectivity index (χ4v) is 3.42. The maximum Gasteiger partial charge on any atom is 0.416 e. The molecule has 0 bridgehead atoms. The highest BCUT2D eigenvalue weighted by molar-refractivity contribution is 7.17. The van der Waals surface area contributed by atoms with Crippen molar-refractivity contribution in [2.45, 2.75) is 6.18 Å². The molecule has 27 heavy (non-hydrogen) atoms. The van der Waals surface area contributed by atoms with Crippen molar-refractivity contribution >= 4 is 33.9 Å². The second-order valence-corrected chi connectivity index (χ2v) is 6.73. The number of benzene rings is 1. The van der Waals surface area contributed by atoms with Crippen LogP contribution >= 0.6 is 11.3 Å². The van der Waals surface area contributed by atoms with E-state index < -0.39 is 22.4 Å². The second-order valence-electron chi connectivity index (χ2n) is 5.63. The predicted octanol–water partition coefficient (Wildman–Crippen LogP) is 3.96. The molecule has 0 amide bonds. The lowest BCUT2D eigenvalue weighted by Gasteiger charge is -2.27. The molecule has 2 heterocycles. The second kappa shape index (κ2) is 7.92. The standard InChI is InChI=1S/C16H15F3N4O3S/c17-16(18,19)11-1-3-13(14(9-11)23(24)25)21-20-10-12-2-4-15(27-12)22-5-7-26-8-6-22/h1-4,9-10,21H,5-8H2/b20-10-. The van der Waals surface area contributed by atoms with E-state index in [0.29, 0.717) is 19.3 Å². The summed E-state index contributed by atoms with van der Waals surface area (Å²) in [6.45, 7) is 2.93. The lowest BCUT2D eigenvalue weighted by Crippen LogP contribution is -2.35. The number of alkyl halides is 3. The van der Waals surface area contributed by atoms with E-state index in [1.807, 2.05) is 12.1 Å². The van der Waals surface area contributed by atoms with Gasteiger partial charge in [0.2, 0.25) is 0 Å². The number of morpholine rings is 1. The van der Waals surface area contributed by atoms with Crippen LogP contribution in [0.25, 0.3) is 0 Å². The normalized spacial score (nSPS) is 15.3. The molecule has 144 valence electrons. The summed E-state index contributed by atoms with van der Waals surface area (Å²) < 4.78 is 43.4. The minimum absolute atomic E-state index is 0.116. The highest BCUT2D eigenvalue weighted by atomic mass is 32.1. The third-order valence-electron chi connectivity index (χ3n) is 3.83. The summed E-state index contributed by atoms with van der Waals surface area (Å²) in [5.41, 5.74) is 0.549. The Morgan fingerprint density at radius 3 is 2.67 bits per heavy atom. The fraction of sp³-hybridized carbons (Fsp3) is 0.312. The summed E-state index contributed by atoms with van der Waals surface area (Å²) in [5.74, 6) is 0. The van der Waals surface area contributed by atoms with Crippen molar-refractivity contribution in [2.75, 3.05) is 36.6 Å². The minimum atomic E-state index is -4.65. The van der Waals surface area contributed by atoms with Crippen molar-refractivity contribution in [3.05, 3.63) is 50.9 Å². The van der Waals surface area contributed by atoms with Gasteiger partial charge in [0.05, 0.1) is 34.9 Å². The van der Waals surface area contributed by atoms with Crippen LogP contribution in [0.15, 0.2) is 35.4 Å². The van der Waals surface area contributed by atoms with Crippen LogP contribution in [0.1, 0.15) is 10.4 Å². The molecule has 1 aliphatic heterocycles. The van der Waals surface area contributed by atoms with Gasteiger partial charge >= 0.3 is 6.18 Å². The van der Waals surface area contributed by atoms with Gasteiger partial charge in [-0.2, -0.15) is 18.3 Å². The molecular formula is C16H15F3N4O3S. The van der Waals surface area contributed by atoms with Gasteiger partial charge in [-0.15, -0.1) is 11.3 Å². The fourth-order valence-electron chi connectivity index (χ4n) is 2.48. The highest BCUT2D eigenvalue weighted by Crippen LogP contribution is 2.35. The Morgan fingerprint density at radius 2 is 2.00 bits per heavy atom. The number of anilines is 2. The number of ether oxygens (including phenoxy) is 1. The van der Waals surface area contributed by atoms with Gasteiger partial charge in [-0.1, -0.05) is 0 Å². The number of rotatable bonds is 5. The minimum Gasteiger partial charge on any atom is -0.378 e. The number of nitro benzene ring substituents is 1. The Bertz CT molecular complexity index is 848. The zero-order valence-corrected chi connectivity index (χ0v) is 14.7. The Morgan fingerprint density at radius 1 is 1.26 bits per heavy atom. The lowest BCUT2D eigenvalue weighted by atomic mass is 10.1. The molecule has 0 spiro atoms. The summed E-state index contributed by atoms with van der Waals surface area (Å²) >= 11 is 1.49. The molecule has 1 fully saturated rings. The largest absolute Gasteiger partial charge is 0.416 e. The molecule has 1 aromatic carbocycles. The Labute approximate surface area is 156 Å². The number of hydrazone groups is 1. The summed E-state index contributed by atoms with van der Waals surface area (Å²) in [6.07, 6.45) is -3.19. The molecule has 0 unspecified atom stereocenters. The number of halogens is 3. The molecule has 0 atom stereocenters. The van der Waals surface area contributed by atoms with E-state index in [2.05, 4.69) is 15.4 Å². The number of nitrogens with zero attached hydrogens (tertiary/aromatic N) is 3. The van der Waals surface area contributed by atoms with E-state index in [1.54, 1.807) is 0 Å². The third kappa shape index (κ3) is 4.74. The molecule has 0 aliphatic carbocycles. The van der Waals surface area contributed by atoms with Crippen molar-refractivity contribution in [3.8, 4) is 0 Å². The first-order chi connectivity index (χ1) is 12.8. The average Bonchev–Trinajstić information content (AvgIpc) is 3.10. The maximum absolute atomic E-state index is 12.7. The molecule has 1 saturated heterocycles. The van der Waals surface area contributed by atoms with E-state index in [0.717, 1.165) is 35.1 Å². The number of nitrogens with one attached hydrogen (secondary N) is 1. The molecule has 7 nitrogen and oxygen atoms in total. The number of nitro groups is 1. The van der Waals surface area contributed by atoms with Gasteiger partial charge in [0.1, 0.15) is 5.69 Å². The molecule has 2 aromatic rings. The molecule has 1 N–H and O–H groups in total. The van der Waals surface area contributed by atoms with Crippen LogP contribution < -0.4 is 10.3 Å². The first-order valence-electron chi connectivity index (χ1n) is 7.92. The summed E-state index contributed by atoms with van der Waals surface area (Å²) in [4.78, 5) is 13.1. The molecule has 11 heteroatoms. The SMILES string of the molecule is O=[N+]([O-])c1cc(C(F)(F)F)ccc1N/N=C\c1ccc(N2CCOCC2)s1. The first-order valence-corrected chi connectivity index (χ1v) is 8.73. The quantitative estimate of drug-likeness (QED) is 0.467. The smallest absolute Gasteiger partial charge is 0.378 e. The van der Waals surface area contributed by atoms with Gasteiger partial charge in [0, 0.05) is 24.0 Å². The van der Waals surface area contributed by atoms with Crippen LogP contribution in [0.5, 0.6) is 0 Å². The molecule has 1 aliphatic rings. The summed E-state index contributed by atoms with van der Waals surface area (Å²) in [6, 6.07) is 6.04. The third-order valence-corrected chi connectivity index (χ3v) is 4.91. The van der Waals surface area contributed by atoms with Crippen molar-refractivity contribution in [1.29, 1.82) is 0 Å². The van der Waals surface area contributed by atoms with Crippen LogP contribution in [-0.4, -0.2) is 37.4 Å². The van der Waals surface area contributed by atoms with Crippen molar-refractivity contribution < 1.29 is 22.8 Å². The Hall–Kier alpha value is -2.66. The van der Waals surface area contributed by atoms with Gasteiger partial charge in [0.25, 0.3) is 5.69 Å². The Balaban J connectivity index is 1.71.